The van der Waals surface area contributed by atoms with Gasteiger partial charge in [0.25, 0.3) is 5.56 Å². The second-order valence-corrected chi connectivity index (χ2v) is 2.50. The van der Waals surface area contributed by atoms with Crippen molar-refractivity contribution in [1.82, 2.24) is 9.55 Å². The van der Waals surface area contributed by atoms with Crippen LogP contribution < -0.4 is 22.1 Å². The number of hydrogen-bond acceptors (Lipinski definition) is 3. The van der Waals surface area contributed by atoms with Crippen LogP contribution in [0.15, 0.2) is 19.6 Å². The highest BCUT2D eigenvalue weighted by molar-refractivity contribution is 5.77. The molecular weight excluding hydrogens is 176 g/mol. The van der Waals surface area contributed by atoms with Gasteiger partial charge in [-0.05, 0) is 0 Å². The lowest BCUT2D eigenvalue weighted by atomic mass is 10.6. The van der Waals surface area contributed by atoms with Crippen molar-refractivity contribution in [2.24, 2.45) is 17.0 Å². The summed E-state index contributed by atoms with van der Waals surface area (Å²) >= 11 is 0. The maximum absolute atomic E-state index is 11.3. The summed E-state index contributed by atoms with van der Waals surface area (Å²) < 4.78 is 0.830. The van der Waals surface area contributed by atoms with Crippen LogP contribution in [0.3, 0.4) is 0 Å². The molecule has 0 atom stereocenters. The summed E-state index contributed by atoms with van der Waals surface area (Å²) in [7, 11) is 1.29. The summed E-state index contributed by atoms with van der Waals surface area (Å²) in [6.45, 7) is 0. The van der Waals surface area contributed by atoms with Crippen molar-refractivity contribution >= 4 is 6.03 Å². The third kappa shape index (κ3) is 0.934. The molecule has 0 bridgehead atoms. The molecule has 2 heterocycles. The Morgan fingerprint density at radius 1 is 1.23 bits per heavy atom. The van der Waals surface area contributed by atoms with Crippen molar-refractivity contribution in [3.8, 4) is 0 Å². The molecule has 0 spiro atoms. The Balaban J connectivity index is 3.17. The van der Waals surface area contributed by atoms with Crippen molar-refractivity contribution in [2.45, 2.75) is 0 Å². The number of rotatable bonds is 0. The lowest BCUT2D eigenvalue weighted by Gasteiger charge is -1.90. The zero-order valence-corrected chi connectivity index (χ0v) is 6.57. The van der Waals surface area contributed by atoms with E-state index in [2.05, 4.69) is 15.0 Å². The number of aromatic amines is 1. The first-order valence-electron chi connectivity index (χ1n) is 3.40. The highest BCUT2D eigenvalue weighted by Crippen LogP contribution is 1.77. The van der Waals surface area contributed by atoms with Gasteiger partial charge in [-0.15, -0.1) is 0 Å². The van der Waals surface area contributed by atoms with Gasteiger partial charge in [-0.2, -0.15) is 9.98 Å². The van der Waals surface area contributed by atoms with Crippen molar-refractivity contribution in [2.75, 3.05) is 0 Å². The maximum Gasteiger partial charge on any atom is 0.369 e. The molecule has 13 heavy (non-hydrogen) atoms. The first-order valence-corrected chi connectivity index (χ1v) is 3.40. The van der Waals surface area contributed by atoms with Crippen LogP contribution in [0, 0.1) is 0 Å². The van der Waals surface area contributed by atoms with Gasteiger partial charge in [0.2, 0.25) is 0 Å². The van der Waals surface area contributed by atoms with Crippen LogP contribution in [-0.2, 0) is 7.05 Å². The number of fused-ring (bicyclic) bond motifs is 1. The van der Waals surface area contributed by atoms with E-state index < -0.39 is 17.3 Å². The maximum atomic E-state index is 11.3. The van der Waals surface area contributed by atoms with Crippen LogP contribution in [0.1, 0.15) is 0 Å². The highest BCUT2D eigenvalue weighted by Gasteiger charge is 2.10. The van der Waals surface area contributed by atoms with Gasteiger partial charge in [0.15, 0.2) is 10.8 Å². The average Bonchev–Trinajstić information content (AvgIpc) is 2.42. The number of urea groups is 1. The molecule has 0 radical (unpaired) electrons. The monoisotopic (exact) mass is 180 g/mol. The molecule has 0 fully saturated rings. The zero-order valence-electron chi connectivity index (χ0n) is 6.57. The topological polar surface area (TPSA) is 96.6 Å². The molecule has 1 aromatic heterocycles. The van der Waals surface area contributed by atoms with Gasteiger partial charge < -0.3 is 0 Å². The van der Waals surface area contributed by atoms with E-state index in [0.717, 1.165) is 4.57 Å². The van der Waals surface area contributed by atoms with Gasteiger partial charge >= 0.3 is 11.7 Å². The average molecular weight is 180 g/mol. The van der Waals surface area contributed by atoms with E-state index in [4.69, 9.17) is 0 Å². The molecule has 0 saturated heterocycles. The lowest BCUT2D eigenvalue weighted by molar-refractivity contribution is 0.256. The molecular formula is C6H4N4O3. The quantitative estimate of drug-likeness (QED) is 0.475. The van der Waals surface area contributed by atoms with Crippen molar-refractivity contribution in [1.29, 1.82) is 0 Å². The van der Waals surface area contributed by atoms with Crippen LogP contribution in [0.2, 0.25) is 0 Å². The van der Waals surface area contributed by atoms with Gasteiger partial charge in [0.1, 0.15) is 0 Å². The Labute approximate surface area is 70.1 Å². The number of nitrogens with zero attached hydrogens (tertiary/aromatic N) is 3. The predicted molar refractivity (Wildman–Crippen MR) is 40.0 cm³/mol. The Morgan fingerprint density at radius 2 is 1.92 bits per heavy atom. The van der Waals surface area contributed by atoms with E-state index in [9.17, 15) is 14.4 Å². The first kappa shape index (κ1) is 7.59. The van der Waals surface area contributed by atoms with Crippen LogP contribution in [-0.4, -0.2) is 15.6 Å². The number of carbonyl (C=O) groups excluding carboxylic acids is 1. The van der Waals surface area contributed by atoms with E-state index in [1.165, 1.54) is 7.05 Å². The van der Waals surface area contributed by atoms with Gasteiger partial charge in [0, 0.05) is 7.05 Å². The van der Waals surface area contributed by atoms with Gasteiger partial charge in [-0.1, -0.05) is 0 Å². The summed E-state index contributed by atoms with van der Waals surface area (Å²) in [5, 5.41) is -0.105. The molecule has 1 aliphatic heterocycles. The van der Waals surface area contributed by atoms with E-state index in [1.54, 1.807) is 0 Å². The van der Waals surface area contributed by atoms with Crippen LogP contribution in [0.5, 0.6) is 0 Å². The van der Waals surface area contributed by atoms with Crippen LogP contribution in [0.4, 0.5) is 4.79 Å². The molecule has 0 saturated carbocycles. The van der Waals surface area contributed by atoms with Gasteiger partial charge in [0.05, 0.1) is 0 Å². The van der Waals surface area contributed by atoms with E-state index >= 15 is 0 Å². The minimum atomic E-state index is -0.769. The van der Waals surface area contributed by atoms with Crippen LogP contribution in [0.25, 0.3) is 0 Å². The molecule has 7 nitrogen and oxygen atoms in total. The molecule has 1 N–H and O–H groups in total. The third-order valence-corrected chi connectivity index (χ3v) is 1.68. The number of amides is 2. The third-order valence-electron chi connectivity index (χ3n) is 1.68. The fourth-order valence-electron chi connectivity index (χ4n) is 0.995. The minimum Gasteiger partial charge on any atom is -0.290 e. The smallest absolute Gasteiger partial charge is 0.290 e. The fourth-order valence-corrected chi connectivity index (χ4v) is 0.995. The van der Waals surface area contributed by atoms with E-state index in [1.807, 2.05) is 0 Å². The normalized spacial score (nSPS) is 13.5. The first-order chi connectivity index (χ1) is 6.09. The second kappa shape index (κ2) is 2.22. The SMILES string of the molecule is Cn1c(=O)[nH]c2c(c1=O)=NC(=O)N=2. The predicted octanol–water partition coefficient (Wildman–Crippen LogP) is -2.55. The summed E-state index contributed by atoms with van der Waals surface area (Å²) in [5.74, 6) is 0. The molecule has 0 aromatic carbocycles. The minimum absolute atomic E-state index is 0.0573. The molecule has 0 unspecified atom stereocenters. The Bertz CT molecular complexity index is 621. The summed E-state index contributed by atoms with van der Waals surface area (Å²) in [4.78, 5) is 41.9. The summed E-state index contributed by atoms with van der Waals surface area (Å²) in [5.41, 5.74) is -1.29. The number of nitrogens with one attached hydrogen (secondary N) is 1. The second-order valence-electron chi connectivity index (χ2n) is 2.50. The van der Waals surface area contributed by atoms with E-state index in [0.29, 0.717) is 0 Å². The summed E-state index contributed by atoms with van der Waals surface area (Å²) in [6, 6.07) is -0.769. The van der Waals surface area contributed by atoms with Crippen molar-refractivity contribution in [3.63, 3.8) is 0 Å². The highest BCUT2D eigenvalue weighted by atomic mass is 16.2. The molecule has 0 aliphatic carbocycles. The molecule has 1 aromatic rings. The molecule has 7 heteroatoms. The van der Waals surface area contributed by atoms with E-state index in [-0.39, 0.29) is 10.8 Å². The van der Waals surface area contributed by atoms with Gasteiger partial charge in [-0.25, -0.2) is 9.59 Å². The Kier molecular flexibility index (Phi) is 1.30. The number of carbonyl (C=O) groups is 1. The summed E-state index contributed by atoms with van der Waals surface area (Å²) in [6.07, 6.45) is 0. The van der Waals surface area contributed by atoms with Crippen molar-refractivity contribution in [3.05, 3.63) is 31.7 Å². The zero-order chi connectivity index (χ0) is 9.59. The molecule has 66 valence electrons. The van der Waals surface area contributed by atoms with Crippen molar-refractivity contribution < 1.29 is 4.79 Å². The van der Waals surface area contributed by atoms with Gasteiger partial charge in [-0.3, -0.25) is 14.3 Å². The number of aromatic nitrogens is 2. The number of H-pyrrole nitrogens is 1. The molecule has 2 amide bonds. The fraction of sp³-hybridized carbons (Fsp3) is 0.167. The molecule has 1 aliphatic rings. The number of hydrogen-bond donors (Lipinski definition) is 1. The largest absolute Gasteiger partial charge is 0.369 e. The Hall–Kier alpha value is -2.05. The Morgan fingerprint density at radius 3 is 2.62 bits per heavy atom. The lowest BCUT2D eigenvalue weighted by Crippen LogP contribution is -2.51. The molecule has 2 rings (SSSR count). The van der Waals surface area contributed by atoms with Crippen LogP contribution >= 0.6 is 0 Å². The standard InChI is InChI=1S/C6H4N4O3/c1-10-4(11)2-3(9-6(10)13)8-5(12)7-2/h1H3,(H,8,9,12,13).